The van der Waals surface area contributed by atoms with E-state index < -0.39 is 10.2 Å². The largest absolute Gasteiger partial charge is 0.328 e. The zero-order valence-corrected chi connectivity index (χ0v) is 9.65. The van der Waals surface area contributed by atoms with Crippen LogP contribution in [0.1, 0.15) is 16.7 Å². The second kappa shape index (κ2) is 8.89. The number of rotatable bonds is 0. The lowest BCUT2D eigenvalue weighted by Gasteiger charge is -2.00. The molecule has 0 saturated carbocycles. The Bertz CT molecular complexity index is 339. The molecule has 0 aliphatic rings. The van der Waals surface area contributed by atoms with Gasteiger partial charge in [0.15, 0.2) is 0 Å². The van der Waals surface area contributed by atoms with Gasteiger partial charge in [0.2, 0.25) is 0 Å². The first-order chi connectivity index (χ1) is 7.68. The van der Waals surface area contributed by atoms with Crippen LogP contribution in [-0.2, 0) is 0 Å². The number of hydrogen-bond donors (Lipinski definition) is 2. The molecule has 0 heterocycles. The summed E-state index contributed by atoms with van der Waals surface area (Å²) in [6.45, 7) is 6.44. The van der Waals surface area contributed by atoms with Crippen molar-refractivity contribution in [3.63, 3.8) is 0 Å². The van der Waals surface area contributed by atoms with Gasteiger partial charge in [0, 0.05) is 0 Å². The molecule has 96 valence electrons. The molecule has 0 aliphatic heterocycles. The van der Waals surface area contributed by atoms with Crippen LogP contribution in [0.3, 0.4) is 0 Å². The molecule has 0 amide bonds. The summed E-state index contributed by atoms with van der Waals surface area (Å²) in [4.78, 5) is 16.7. The zero-order valence-electron chi connectivity index (χ0n) is 9.65. The van der Waals surface area contributed by atoms with Gasteiger partial charge in [0.25, 0.3) is 10.2 Å². The lowest BCUT2D eigenvalue weighted by atomic mass is 10.1. The fourth-order valence-electron chi connectivity index (χ4n) is 0.898. The van der Waals surface area contributed by atoms with E-state index in [4.69, 9.17) is 30.6 Å². The van der Waals surface area contributed by atoms with Crippen molar-refractivity contribution in [1.82, 2.24) is 0 Å². The van der Waals surface area contributed by atoms with Gasteiger partial charge in [0.1, 0.15) is 0 Å². The Balaban J connectivity index is 0. The van der Waals surface area contributed by atoms with Crippen LogP contribution < -0.4 is 0 Å². The highest BCUT2D eigenvalue weighted by Crippen LogP contribution is 2.09. The van der Waals surface area contributed by atoms with E-state index in [2.05, 4.69) is 39.0 Å². The molecule has 0 bridgehead atoms. The third-order valence-electron chi connectivity index (χ3n) is 1.88. The fourth-order valence-corrected chi connectivity index (χ4v) is 0.898. The minimum Gasteiger partial charge on any atom is -0.328 e. The fraction of sp³-hybridized carbons (Fsp3) is 0.333. The smallest absolute Gasteiger partial charge is 0.291 e. The average Bonchev–Trinajstić information content (AvgIpc) is 2.12. The molecule has 0 radical (unpaired) electrons. The monoisotopic (exact) mass is 246 g/mol. The molecule has 0 fully saturated rings. The van der Waals surface area contributed by atoms with E-state index in [1.165, 1.54) is 16.7 Å². The van der Waals surface area contributed by atoms with E-state index >= 15 is 0 Å². The van der Waals surface area contributed by atoms with Crippen molar-refractivity contribution in [2.45, 2.75) is 20.8 Å². The molecule has 0 aromatic heterocycles. The van der Waals surface area contributed by atoms with Gasteiger partial charge < -0.3 is 10.4 Å². The Morgan fingerprint density at radius 2 is 1.18 bits per heavy atom. The molecule has 0 atom stereocenters. The van der Waals surface area contributed by atoms with E-state index in [9.17, 15) is 0 Å². The van der Waals surface area contributed by atoms with E-state index in [1.807, 2.05) is 0 Å². The molecule has 1 aromatic rings. The van der Waals surface area contributed by atoms with Gasteiger partial charge in [0.05, 0.1) is 0 Å². The van der Waals surface area contributed by atoms with Gasteiger partial charge in [-0.3, -0.25) is 0 Å². The third kappa shape index (κ3) is 13.6. The van der Waals surface area contributed by atoms with Crippen LogP contribution in [0.2, 0.25) is 0 Å². The van der Waals surface area contributed by atoms with Crippen molar-refractivity contribution in [3.8, 4) is 0 Å². The number of nitrogens with zero attached hydrogens (tertiary/aromatic N) is 2. The van der Waals surface area contributed by atoms with Gasteiger partial charge in [-0.05, 0) is 37.5 Å². The van der Waals surface area contributed by atoms with Gasteiger partial charge in [-0.15, -0.1) is 20.2 Å². The summed E-state index contributed by atoms with van der Waals surface area (Å²) in [7, 11) is 0. The summed E-state index contributed by atoms with van der Waals surface area (Å²) in [5, 5.41) is 27.3. The Hall–Kier alpha value is -2.38. The van der Waals surface area contributed by atoms with Crippen LogP contribution in [0.15, 0.2) is 18.2 Å². The van der Waals surface area contributed by atoms with Gasteiger partial charge >= 0.3 is 0 Å². The third-order valence-corrected chi connectivity index (χ3v) is 1.88. The Kier molecular flexibility index (Phi) is 8.91. The maximum atomic E-state index is 8.36. The molecule has 0 aliphatic carbocycles. The van der Waals surface area contributed by atoms with Gasteiger partial charge in [-0.2, -0.15) is 0 Å². The van der Waals surface area contributed by atoms with Crippen molar-refractivity contribution < 1.29 is 20.6 Å². The highest BCUT2D eigenvalue weighted by atomic mass is 16.9. The predicted molar refractivity (Wildman–Crippen MR) is 58.2 cm³/mol. The Morgan fingerprint density at radius 1 is 0.941 bits per heavy atom. The number of aryl methyl sites for hydroxylation is 2. The Morgan fingerprint density at radius 3 is 1.35 bits per heavy atom. The van der Waals surface area contributed by atoms with Crippen LogP contribution in [0.4, 0.5) is 0 Å². The molecule has 1 aromatic carbocycles. The minimum absolute atomic E-state index is 1.38. The van der Waals surface area contributed by atoms with Crippen LogP contribution in [0, 0.1) is 41.0 Å². The predicted octanol–water partition coefficient (Wildman–Crippen LogP) is 1.92. The van der Waals surface area contributed by atoms with E-state index in [0.29, 0.717) is 0 Å². The summed E-state index contributed by atoms with van der Waals surface area (Å²) in [5.74, 6) is 0. The molecule has 0 unspecified atom stereocenters. The summed E-state index contributed by atoms with van der Waals surface area (Å²) < 4.78 is 0. The maximum Gasteiger partial charge on any atom is 0.291 e. The SMILES string of the molecule is Cc1cccc(C)c1C.O=[N+]([O-])O.O=[N+]([O-])O. The summed E-state index contributed by atoms with van der Waals surface area (Å²) in [6, 6.07) is 6.38. The summed E-state index contributed by atoms with van der Waals surface area (Å²) >= 11 is 0. The van der Waals surface area contributed by atoms with Gasteiger partial charge in [-0.1, -0.05) is 18.2 Å². The second-order valence-corrected chi connectivity index (χ2v) is 2.99. The molecule has 8 nitrogen and oxygen atoms in total. The summed E-state index contributed by atoms with van der Waals surface area (Å²) in [5.41, 5.74) is 4.18. The molecular weight excluding hydrogens is 232 g/mol. The summed E-state index contributed by atoms with van der Waals surface area (Å²) in [6.07, 6.45) is 0. The molecular formula is C9H14N2O6. The molecule has 0 saturated heterocycles. The molecule has 17 heavy (non-hydrogen) atoms. The van der Waals surface area contributed by atoms with Crippen LogP contribution in [0.5, 0.6) is 0 Å². The van der Waals surface area contributed by atoms with Crippen LogP contribution in [0.25, 0.3) is 0 Å². The second-order valence-electron chi connectivity index (χ2n) is 2.99. The molecule has 1 rings (SSSR count). The Labute approximate surface area is 97.3 Å². The lowest BCUT2D eigenvalue weighted by Crippen LogP contribution is -1.82. The number of hydrogen-bond acceptors (Lipinski definition) is 4. The number of benzene rings is 1. The standard InChI is InChI=1S/C9H12.2HNO3/c1-7-5-4-6-8(2)9(7)3;2*2-1(3)4/h4-6H,1-3H3;2*(H,2,3,4). The van der Waals surface area contributed by atoms with Crippen molar-refractivity contribution >= 4 is 0 Å². The topological polar surface area (TPSA) is 127 Å². The normalized spacial score (nSPS) is 7.94. The minimum atomic E-state index is -1.50. The average molecular weight is 246 g/mol. The maximum absolute atomic E-state index is 8.36. The van der Waals surface area contributed by atoms with Crippen molar-refractivity contribution in [2.24, 2.45) is 0 Å². The first-order valence-electron chi connectivity index (χ1n) is 4.37. The first-order valence-corrected chi connectivity index (χ1v) is 4.37. The van der Waals surface area contributed by atoms with Crippen molar-refractivity contribution in [2.75, 3.05) is 0 Å². The zero-order chi connectivity index (χ0) is 14.0. The lowest BCUT2D eigenvalue weighted by molar-refractivity contribution is -0.742. The highest BCUT2D eigenvalue weighted by molar-refractivity contribution is 5.31. The molecule has 2 N–H and O–H groups in total. The van der Waals surface area contributed by atoms with E-state index in [1.54, 1.807) is 0 Å². The molecule has 0 spiro atoms. The van der Waals surface area contributed by atoms with Crippen molar-refractivity contribution in [3.05, 3.63) is 55.1 Å². The van der Waals surface area contributed by atoms with Crippen molar-refractivity contribution in [1.29, 1.82) is 0 Å². The van der Waals surface area contributed by atoms with Crippen LogP contribution >= 0.6 is 0 Å². The molecule has 8 heteroatoms. The highest BCUT2D eigenvalue weighted by Gasteiger charge is 1.91. The quantitative estimate of drug-likeness (QED) is 0.531. The first kappa shape index (κ1) is 17.0. The van der Waals surface area contributed by atoms with Crippen LogP contribution in [-0.4, -0.2) is 20.6 Å². The van der Waals surface area contributed by atoms with E-state index in [0.717, 1.165) is 0 Å². The van der Waals surface area contributed by atoms with Gasteiger partial charge in [-0.25, -0.2) is 0 Å². The van der Waals surface area contributed by atoms with E-state index in [-0.39, 0.29) is 0 Å².